The van der Waals surface area contributed by atoms with E-state index in [0.717, 1.165) is 6.42 Å². The second-order valence-electron chi connectivity index (χ2n) is 9.94. The maximum absolute atomic E-state index is 12.2. The molecule has 0 amide bonds. The number of ether oxygens (including phenoxy) is 2. The van der Waals surface area contributed by atoms with E-state index in [4.69, 9.17) is 14.6 Å². The summed E-state index contributed by atoms with van der Waals surface area (Å²) in [4.78, 5) is 12.2. The summed E-state index contributed by atoms with van der Waals surface area (Å²) in [6.45, 7) is 11.6. The van der Waals surface area contributed by atoms with E-state index in [1.54, 1.807) is 13.8 Å². The van der Waals surface area contributed by atoms with Gasteiger partial charge in [0.15, 0.2) is 0 Å². The predicted molar refractivity (Wildman–Crippen MR) is 121 cm³/mol. The molecule has 2 aliphatic rings. The van der Waals surface area contributed by atoms with Gasteiger partial charge in [-0.25, -0.2) is 4.79 Å². The highest BCUT2D eigenvalue weighted by molar-refractivity contribution is 5.76. The van der Waals surface area contributed by atoms with Gasteiger partial charge in [-0.05, 0) is 31.6 Å². The molecule has 8 heteroatoms. The van der Waals surface area contributed by atoms with Gasteiger partial charge in [0, 0.05) is 24.7 Å². The SMILES string of the molecule is CC1=CCC(/C=C/C(C)C(C)OC2(C(=O)O)CC(O)C(C)C(CC(O)CO)O2)C1(C)C.O. The highest BCUT2D eigenvalue weighted by Gasteiger charge is 2.53. The molecule has 8 unspecified atom stereocenters. The van der Waals surface area contributed by atoms with Gasteiger partial charge in [-0.2, -0.15) is 0 Å². The molecule has 6 N–H and O–H groups in total. The van der Waals surface area contributed by atoms with E-state index in [0.29, 0.717) is 5.92 Å². The predicted octanol–water partition coefficient (Wildman–Crippen LogP) is 2.06. The van der Waals surface area contributed by atoms with Gasteiger partial charge >= 0.3 is 5.97 Å². The molecule has 1 fully saturated rings. The summed E-state index contributed by atoms with van der Waals surface area (Å²) in [5, 5.41) is 39.4. The minimum Gasteiger partial charge on any atom is -0.477 e. The van der Waals surface area contributed by atoms with Crippen LogP contribution < -0.4 is 0 Å². The van der Waals surface area contributed by atoms with E-state index >= 15 is 0 Å². The Kier molecular flexibility index (Phi) is 10.1. The van der Waals surface area contributed by atoms with E-state index in [2.05, 4.69) is 39.0 Å². The van der Waals surface area contributed by atoms with E-state index in [1.807, 2.05) is 6.92 Å². The minimum atomic E-state index is -2.00. The van der Waals surface area contributed by atoms with Crippen LogP contribution in [0, 0.1) is 23.2 Å². The molecule has 186 valence electrons. The molecule has 1 aliphatic heterocycles. The van der Waals surface area contributed by atoms with Gasteiger partial charge < -0.3 is 35.4 Å². The van der Waals surface area contributed by atoms with Gasteiger partial charge in [-0.15, -0.1) is 0 Å². The first-order chi connectivity index (χ1) is 14.3. The number of aliphatic carboxylic acids is 1. The number of carboxylic acid groups (broad SMARTS) is 1. The quantitative estimate of drug-likeness (QED) is 0.387. The number of aliphatic hydroxyl groups is 3. The molecule has 1 saturated heterocycles. The maximum atomic E-state index is 12.2. The van der Waals surface area contributed by atoms with E-state index in [1.165, 1.54) is 5.57 Å². The molecular formula is C24H42O8. The van der Waals surface area contributed by atoms with Crippen LogP contribution in [0.5, 0.6) is 0 Å². The van der Waals surface area contributed by atoms with Crippen molar-refractivity contribution in [3.63, 3.8) is 0 Å². The van der Waals surface area contributed by atoms with Crippen molar-refractivity contribution in [1.82, 2.24) is 0 Å². The number of aliphatic hydroxyl groups excluding tert-OH is 3. The van der Waals surface area contributed by atoms with Gasteiger partial charge in [0.1, 0.15) is 0 Å². The number of carboxylic acids is 1. The topological polar surface area (TPSA) is 148 Å². The fraction of sp³-hybridized carbons (Fsp3) is 0.792. The van der Waals surface area contributed by atoms with Crippen molar-refractivity contribution < 1.29 is 40.2 Å². The molecule has 0 aromatic rings. The van der Waals surface area contributed by atoms with Crippen molar-refractivity contribution in [2.45, 2.75) is 91.0 Å². The first-order valence-corrected chi connectivity index (χ1v) is 11.3. The molecular weight excluding hydrogens is 416 g/mol. The van der Waals surface area contributed by atoms with Crippen LogP contribution in [0.25, 0.3) is 0 Å². The molecule has 0 saturated carbocycles. The Morgan fingerprint density at radius 3 is 2.50 bits per heavy atom. The highest BCUT2D eigenvalue weighted by Crippen LogP contribution is 2.44. The van der Waals surface area contributed by atoms with E-state index in [9.17, 15) is 20.1 Å². The summed E-state index contributed by atoms with van der Waals surface area (Å²) in [7, 11) is 0. The zero-order valence-corrected chi connectivity index (χ0v) is 20.1. The average Bonchev–Trinajstić information content (AvgIpc) is 2.95. The van der Waals surface area contributed by atoms with Gasteiger partial charge in [-0.1, -0.05) is 51.5 Å². The van der Waals surface area contributed by atoms with Crippen molar-refractivity contribution >= 4 is 5.97 Å². The van der Waals surface area contributed by atoms with Crippen LogP contribution in [0.15, 0.2) is 23.8 Å². The summed E-state index contributed by atoms with van der Waals surface area (Å²) < 4.78 is 11.8. The third kappa shape index (κ3) is 6.18. The van der Waals surface area contributed by atoms with Crippen LogP contribution in [0.3, 0.4) is 0 Å². The Balaban J connectivity index is 0.00000512. The minimum absolute atomic E-state index is 0. The second kappa shape index (κ2) is 11.2. The van der Waals surface area contributed by atoms with Crippen LogP contribution in [-0.4, -0.2) is 68.7 Å². The van der Waals surface area contributed by atoms with E-state index in [-0.39, 0.29) is 29.7 Å². The van der Waals surface area contributed by atoms with Gasteiger partial charge in [0.2, 0.25) is 0 Å². The summed E-state index contributed by atoms with van der Waals surface area (Å²) in [5.41, 5.74) is 1.47. The fourth-order valence-electron chi connectivity index (χ4n) is 4.32. The molecule has 0 aromatic heterocycles. The number of hydrogen-bond donors (Lipinski definition) is 4. The Labute approximate surface area is 191 Å². The van der Waals surface area contributed by atoms with Gasteiger partial charge in [0.05, 0.1) is 31.0 Å². The monoisotopic (exact) mass is 458 g/mol. The molecule has 32 heavy (non-hydrogen) atoms. The lowest BCUT2D eigenvalue weighted by Crippen LogP contribution is -2.58. The molecule has 8 nitrogen and oxygen atoms in total. The Morgan fingerprint density at radius 1 is 1.38 bits per heavy atom. The largest absolute Gasteiger partial charge is 0.477 e. The number of carbonyl (C=O) groups is 1. The number of allylic oxidation sites excluding steroid dienone is 3. The summed E-state index contributed by atoms with van der Waals surface area (Å²) in [6, 6.07) is 0. The Bertz CT molecular complexity index is 687. The lowest BCUT2D eigenvalue weighted by atomic mass is 9.77. The second-order valence-corrected chi connectivity index (χ2v) is 9.94. The van der Waals surface area contributed by atoms with Crippen LogP contribution in [0.1, 0.15) is 60.8 Å². The van der Waals surface area contributed by atoms with Crippen molar-refractivity contribution in [1.29, 1.82) is 0 Å². The van der Waals surface area contributed by atoms with Gasteiger partial charge in [0.25, 0.3) is 5.79 Å². The van der Waals surface area contributed by atoms with Crippen molar-refractivity contribution in [3.05, 3.63) is 23.8 Å². The fourth-order valence-corrected chi connectivity index (χ4v) is 4.32. The highest BCUT2D eigenvalue weighted by atomic mass is 16.7. The van der Waals surface area contributed by atoms with Crippen molar-refractivity contribution in [2.24, 2.45) is 23.2 Å². The zero-order valence-electron chi connectivity index (χ0n) is 20.1. The molecule has 0 aromatic carbocycles. The van der Waals surface area contributed by atoms with Crippen molar-refractivity contribution in [2.75, 3.05) is 6.61 Å². The lowest BCUT2D eigenvalue weighted by Gasteiger charge is -2.45. The van der Waals surface area contributed by atoms with E-state index < -0.39 is 48.7 Å². The molecule has 2 rings (SSSR count). The first kappa shape index (κ1) is 28.7. The normalized spacial score (nSPS) is 35.1. The number of hydrogen-bond acceptors (Lipinski definition) is 6. The van der Waals surface area contributed by atoms with Crippen molar-refractivity contribution in [3.8, 4) is 0 Å². The molecule has 1 aliphatic carbocycles. The van der Waals surface area contributed by atoms with Crippen LogP contribution >= 0.6 is 0 Å². The summed E-state index contributed by atoms with van der Waals surface area (Å²) in [6.07, 6.45) is 4.05. The molecule has 8 atom stereocenters. The third-order valence-electron chi connectivity index (χ3n) is 7.44. The Hall–Kier alpha value is -1.29. The zero-order chi connectivity index (χ0) is 23.6. The molecule has 0 bridgehead atoms. The van der Waals surface area contributed by atoms with Crippen LogP contribution in [0.4, 0.5) is 0 Å². The third-order valence-corrected chi connectivity index (χ3v) is 7.44. The first-order valence-electron chi connectivity index (χ1n) is 11.3. The molecule has 1 heterocycles. The van der Waals surface area contributed by atoms with Crippen LogP contribution in [-0.2, 0) is 14.3 Å². The van der Waals surface area contributed by atoms with Gasteiger partial charge in [-0.3, -0.25) is 0 Å². The molecule has 0 spiro atoms. The lowest BCUT2D eigenvalue weighted by molar-refractivity contribution is -0.317. The molecule has 0 radical (unpaired) electrons. The summed E-state index contributed by atoms with van der Waals surface area (Å²) in [5.74, 6) is -3.40. The number of rotatable bonds is 9. The standard InChI is InChI=1S/C24H40O7.H2O/c1-14(7-9-18-10-8-15(2)23(18,5)6)17(4)30-24(22(28)29)12-20(27)16(3)21(31-24)11-19(26)13-25;/h7-9,14,16-21,25-27H,10-13H2,1-6H3,(H,28,29);1H2/b9-7+;. The maximum Gasteiger partial charge on any atom is 0.364 e. The smallest absolute Gasteiger partial charge is 0.364 e. The Morgan fingerprint density at radius 2 is 2.00 bits per heavy atom. The average molecular weight is 459 g/mol. The van der Waals surface area contributed by atoms with Crippen LogP contribution in [0.2, 0.25) is 0 Å². The summed E-state index contributed by atoms with van der Waals surface area (Å²) >= 11 is 0.